The molecule has 0 fully saturated rings. The minimum Gasteiger partial charge on any atom is -0.493 e. The first-order valence-corrected chi connectivity index (χ1v) is 8.56. The lowest BCUT2D eigenvalue weighted by molar-refractivity contribution is -0.139. The van der Waals surface area contributed by atoms with E-state index in [1.54, 1.807) is 38.5 Å². The Morgan fingerprint density at radius 2 is 1.89 bits per heavy atom. The van der Waals surface area contributed by atoms with Crippen LogP contribution in [0.15, 0.2) is 53.1 Å². The van der Waals surface area contributed by atoms with Gasteiger partial charge in [0, 0.05) is 11.6 Å². The van der Waals surface area contributed by atoms with E-state index < -0.39 is 5.97 Å². The summed E-state index contributed by atoms with van der Waals surface area (Å²) >= 11 is 0. The number of aromatic nitrogens is 2. The number of rotatable bonds is 7. The van der Waals surface area contributed by atoms with Gasteiger partial charge in [-0.2, -0.15) is 4.98 Å². The van der Waals surface area contributed by atoms with E-state index in [1.807, 2.05) is 31.2 Å². The van der Waals surface area contributed by atoms with E-state index in [4.69, 9.17) is 18.7 Å². The van der Waals surface area contributed by atoms with Gasteiger partial charge in [-0.25, -0.2) is 4.79 Å². The van der Waals surface area contributed by atoms with E-state index in [0.717, 1.165) is 11.1 Å². The van der Waals surface area contributed by atoms with E-state index in [2.05, 4.69) is 10.1 Å². The molecular weight excluding hydrogens is 360 g/mol. The third-order valence-electron chi connectivity index (χ3n) is 4.04. The third kappa shape index (κ3) is 4.56. The Morgan fingerprint density at radius 1 is 1.11 bits per heavy atom. The fourth-order valence-electron chi connectivity index (χ4n) is 2.52. The largest absolute Gasteiger partial charge is 0.493 e. The van der Waals surface area contributed by atoms with Crippen LogP contribution in [0.1, 0.15) is 17.0 Å². The van der Waals surface area contributed by atoms with Crippen molar-refractivity contribution in [1.82, 2.24) is 10.1 Å². The van der Waals surface area contributed by atoms with Crippen LogP contribution in [0.3, 0.4) is 0 Å². The van der Waals surface area contributed by atoms with Gasteiger partial charge in [0.25, 0.3) is 5.89 Å². The molecule has 0 amide bonds. The van der Waals surface area contributed by atoms with Crippen LogP contribution < -0.4 is 9.47 Å². The van der Waals surface area contributed by atoms with Crippen LogP contribution in [0.5, 0.6) is 11.5 Å². The Hall–Kier alpha value is -3.61. The quantitative estimate of drug-likeness (QED) is 0.455. The molecule has 0 saturated carbocycles. The second-order valence-electron chi connectivity index (χ2n) is 5.88. The summed E-state index contributed by atoms with van der Waals surface area (Å²) in [5.41, 5.74) is 2.72. The highest BCUT2D eigenvalue weighted by Gasteiger charge is 2.13. The van der Waals surface area contributed by atoms with Crippen molar-refractivity contribution < 1.29 is 23.5 Å². The Morgan fingerprint density at radius 3 is 2.64 bits per heavy atom. The summed E-state index contributed by atoms with van der Waals surface area (Å²) in [5, 5.41) is 3.91. The van der Waals surface area contributed by atoms with Gasteiger partial charge in [0.05, 0.1) is 14.2 Å². The molecule has 0 atom stereocenters. The topological polar surface area (TPSA) is 83.7 Å². The number of benzene rings is 2. The van der Waals surface area contributed by atoms with E-state index in [9.17, 15) is 4.79 Å². The van der Waals surface area contributed by atoms with Gasteiger partial charge in [-0.3, -0.25) is 0 Å². The highest BCUT2D eigenvalue weighted by atomic mass is 16.6. The molecule has 2 aromatic carbocycles. The summed E-state index contributed by atoms with van der Waals surface area (Å²) in [6.45, 7) is 1.86. The summed E-state index contributed by atoms with van der Waals surface area (Å²) in [4.78, 5) is 16.1. The van der Waals surface area contributed by atoms with Crippen molar-refractivity contribution in [3.05, 3.63) is 65.6 Å². The van der Waals surface area contributed by atoms with Crippen LogP contribution in [0, 0.1) is 6.92 Å². The molecule has 0 aliphatic carbocycles. The summed E-state index contributed by atoms with van der Waals surface area (Å²) in [6.07, 6.45) is 3.08. The number of nitrogens with zero attached hydrogens (tertiary/aromatic N) is 2. The van der Waals surface area contributed by atoms with Crippen molar-refractivity contribution in [3.63, 3.8) is 0 Å². The molecule has 0 aliphatic rings. The van der Waals surface area contributed by atoms with Crippen LogP contribution in [0.25, 0.3) is 17.5 Å². The highest BCUT2D eigenvalue weighted by molar-refractivity contribution is 5.87. The maximum atomic E-state index is 11.9. The van der Waals surface area contributed by atoms with E-state index in [-0.39, 0.29) is 12.5 Å². The molecule has 3 rings (SSSR count). The molecule has 0 spiro atoms. The monoisotopic (exact) mass is 380 g/mol. The first kappa shape index (κ1) is 19.2. The number of carbonyl (C=O) groups excluding carboxylic acids is 1. The van der Waals surface area contributed by atoms with Gasteiger partial charge in [-0.05, 0) is 42.3 Å². The molecule has 28 heavy (non-hydrogen) atoms. The molecule has 0 aliphatic heterocycles. The van der Waals surface area contributed by atoms with Crippen LogP contribution in [0.4, 0.5) is 0 Å². The predicted molar refractivity (Wildman–Crippen MR) is 103 cm³/mol. The SMILES string of the molecule is COc1ccc(-c2noc(COC(=O)/C=C/c3ccccc3C)n2)cc1OC. The Labute approximate surface area is 162 Å². The summed E-state index contributed by atoms with van der Waals surface area (Å²) in [5.74, 6) is 1.22. The number of carbonyl (C=O) groups is 1. The van der Waals surface area contributed by atoms with Gasteiger partial charge >= 0.3 is 5.97 Å². The first-order valence-electron chi connectivity index (χ1n) is 8.56. The highest BCUT2D eigenvalue weighted by Crippen LogP contribution is 2.31. The molecule has 0 bridgehead atoms. The molecule has 1 aromatic heterocycles. The van der Waals surface area contributed by atoms with E-state index >= 15 is 0 Å². The summed E-state index contributed by atoms with van der Waals surface area (Å²) in [6, 6.07) is 13.0. The molecular formula is C21H20N2O5. The summed E-state index contributed by atoms with van der Waals surface area (Å²) < 4.78 is 20.8. The predicted octanol–water partition coefficient (Wildman–Crippen LogP) is 3.82. The first-order chi connectivity index (χ1) is 13.6. The van der Waals surface area contributed by atoms with Gasteiger partial charge < -0.3 is 18.7 Å². The van der Waals surface area contributed by atoms with Crippen LogP contribution >= 0.6 is 0 Å². The third-order valence-corrected chi connectivity index (χ3v) is 4.04. The van der Waals surface area contributed by atoms with Crippen LogP contribution in [0.2, 0.25) is 0 Å². The number of esters is 1. The molecule has 3 aromatic rings. The van der Waals surface area contributed by atoms with Crippen molar-refractivity contribution in [2.24, 2.45) is 0 Å². The molecule has 0 radical (unpaired) electrons. The average Bonchev–Trinajstić information content (AvgIpc) is 3.20. The molecule has 0 N–H and O–H groups in total. The minimum atomic E-state index is -0.492. The van der Waals surface area contributed by atoms with Gasteiger partial charge in [-0.15, -0.1) is 0 Å². The standard InChI is InChI=1S/C21H20N2O5/c1-14-6-4-5-7-15(14)9-11-20(24)27-13-19-22-21(23-28-19)16-8-10-17(25-2)18(12-16)26-3/h4-12H,13H2,1-3H3/b11-9+. The maximum Gasteiger partial charge on any atom is 0.331 e. The van der Waals surface area contributed by atoms with Crippen molar-refractivity contribution >= 4 is 12.0 Å². The zero-order valence-corrected chi connectivity index (χ0v) is 15.8. The zero-order chi connectivity index (χ0) is 19.9. The second-order valence-corrected chi connectivity index (χ2v) is 5.88. The fourth-order valence-corrected chi connectivity index (χ4v) is 2.52. The van der Waals surface area contributed by atoms with Crippen molar-refractivity contribution in [1.29, 1.82) is 0 Å². The van der Waals surface area contributed by atoms with Gasteiger partial charge in [0.2, 0.25) is 5.82 Å². The lowest BCUT2D eigenvalue weighted by Gasteiger charge is -2.07. The molecule has 0 unspecified atom stereocenters. The van der Waals surface area contributed by atoms with Crippen molar-refractivity contribution in [2.75, 3.05) is 14.2 Å². The maximum absolute atomic E-state index is 11.9. The lowest BCUT2D eigenvalue weighted by atomic mass is 10.1. The number of hydrogen-bond donors (Lipinski definition) is 0. The number of ether oxygens (including phenoxy) is 3. The Kier molecular flexibility index (Phi) is 6.06. The normalized spacial score (nSPS) is 10.8. The van der Waals surface area contributed by atoms with Crippen molar-refractivity contribution in [2.45, 2.75) is 13.5 Å². The van der Waals surface area contributed by atoms with Crippen LogP contribution in [-0.4, -0.2) is 30.3 Å². The van der Waals surface area contributed by atoms with Gasteiger partial charge in [0.1, 0.15) is 0 Å². The van der Waals surface area contributed by atoms with Crippen LogP contribution in [-0.2, 0) is 16.1 Å². The lowest BCUT2D eigenvalue weighted by Crippen LogP contribution is -2.01. The summed E-state index contributed by atoms with van der Waals surface area (Å²) in [7, 11) is 3.11. The van der Waals surface area contributed by atoms with E-state index in [1.165, 1.54) is 6.08 Å². The molecule has 144 valence electrons. The molecule has 0 saturated heterocycles. The fraction of sp³-hybridized carbons (Fsp3) is 0.190. The van der Waals surface area contributed by atoms with Gasteiger partial charge in [-0.1, -0.05) is 29.4 Å². The number of hydrogen-bond acceptors (Lipinski definition) is 7. The molecule has 7 nitrogen and oxygen atoms in total. The number of methoxy groups -OCH3 is 2. The zero-order valence-electron chi connectivity index (χ0n) is 15.8. The Balaban J connectivity index is 1.62. The smallest absolute Gasteiger partial charge is 0.331 e. The second kappa shape index (κ2) is 8.85. The Bertz CT molecular complexity index is 994. The average molecular weight is 380 g/mol. The molecule has 7 heteroatoms. The van der Waals surface area contributed by atoms with Gasteiger partial charge in [0.15, 0.2) is 18.1 Å². The number of aryl methyl sites for hydroxylation is 1. The van der Waals surface area contributed by atoms with Crippen molar-refractivity contribution in [3.8, 4) is 22.9 Å². The van der Waals surface area contributed by atoms with E-state index in [0.29, 0.717) is 22.9 Å². The minimum absolute atomic E-state index is 0.114. The molecule has 1 heterocycles.